The number of hydrogen-bond acceptors (Lipinski definition) is 3. The lowest BCUT2D eigenvalue weighted by molar-refractivity contribution is 0.415. The highest BCUT2D eigenvalue weighted by molar-refractivity contribution is 5.48. The van der Waals surface area contributed by atoms with Gasteiger partial charge in [-0.25, -0.2) is 0 Å². The predicted octanol–water partition coefficient (Wildman–Crippen LogP) is 1.84. The van der Waals surface area contributed by atoms with E-state index in [1.54, 1.807) is 7.11 Å². The first kappa shape index (κ1) is 10.9. The SMILES string of the molecule is COc1cccc(NCC(C)(C)N)c1. The third-order valence-electron chi connectivity index (χ3n) is 1.82. The van der Waals surface area contributed by atoms with E-state index in [-0.39, 0.29) is 5.54 Å². The standard InChI is InChI=1S/C11H18N2O/c1-11(2,12)8-13-9-5-4-6-10(7-9)14-3/h4-7,13H,8,12H2,1-3H3. The fourth-order valence-electron chi connectivity index (χ4n) is 1.06. The van der Waals surface area contributed by atoms with Crippen LogP contribution in [0.25, 0.3) is 0 Å². The summed E-state index contributed by atoms with van der Waals surface area (Å²) in [5, 5.41) is 3.25. The molecule has 78 valence electrons. The van der Waals surface area contributed by atoms with Crippen molar-refractivity contribution < 1.29 is 4.74 Å². The lowest BCUT2D eigenvalue weighted by Gasteiger charge is -2.19. The van der Waals surface area contributed by atoms with Gasteiger partial charge in [0.25, 0.3) is 0 Å². The van der Waals surface area contributed by atoms with Gasteiger partial charge in [-0.3, -0.25) is 0 Å². The zero-order chi connectivity index (χ0) is 10.6. The first-order chi connectivity index (χ1) is 6.51. The summed E-state index contributed by atoms with van der Waals surface area (Å²) in [6.07, 6.45) is 0. The number of ether oxygens (including phenoxy) is 1. The minimum Gasteiger partial charge on any atom is -0.497 e. The maximum Gasteiger partial charge on any atom is 0.120 e. The summed E-state index contributed by atoms with van der Waals surface area (Å²) >= 11 is 0. The Morgan fingerprint density at radius 1 is 1.43 bits per heavy atom. The lowest BCUT2D eigenvalue weighted by atomic mass is 10.1. The highest BCUT2D eigenvalue weighted by Gasteiger charge is 2.09. The third-order valence-corrected chi connectivity index (χ3v) is 1.82. The van der Waals surface area contributed by atoms with Crippen molar-refractivity contribution in [2.45, 2.75) is 19.4 Å². The molecule has 0 radical (unpaired) electrons. The van der Waals surface area contributed by atoms with Gasteiger partial charge in [-0.05, 0) is 26.0 Å². The first-order valence-electron chi connectivity index (χ1n) is 4.68. The maximum atomic E-state index is 5.86. The van der Waals surface area contributed by atoms with Crippen LogP contribution < -0.4 is 15.8 Å². The zero-order valence-electron chi connectivity index (χ0n) is 9.00. The van der Waals surface area contributed by atoms with Crippen molar-refractivity contribution in [1.82, 2.24) is 0 Å². The molecule has 3 nitrogen and oxygen atoms in total. The number of rotatable bonds is 4. The van der Waals surface area contributed by atoms with Crippen molar-refractivity contribution in [2.24, 2.45) is 5.73 Å². The van der Waals surface area contributed by atoms with E-state index in [4.69, 9.17) is 10.5 Å². The van der Waals surface area contributed by atoms with E-state index in [0.29, 0.717) is 0 Å². The van der Waals surface area contributed by atoms with Crippen LogP contribution in [0.1, 0.15) is 13.8 Å². The van der Waals surface area contributed by atoms with Crippen LogP contribution in [0.15, 0.2) is 24.3 Å². The summed E-state index contributed by atoms with van der Waals surface area (Å²) in [6.45, 7) is 4.71. The van der Waals surface area contributed by atoms with E-state index >= 15 is 0 Å². The largest absolute Gasteiger partial charge is 0.497 e. The molecule has 0 aliphatic rings. The Kier molecular flexibility index (Phi) is 3.36. The molecule has 0 bridgehead atoms. The van der Waals surface area contributed by atoms with Crippen LogP contribution in [-0.2, 0) is 0 Å². The second kappa shape index (κ2) is 4.33. The molecule has 0 atom stereocenters. The Labute approximate surface area is 85.3 Å². The summed E-state index contributed by atoms with van der Waals surface area (Å²) in [6, 6.07) is 7.81. The average Bonchev–Trinajstić information content (AvgIpc) is 2.14. The average molecular weight is 194 g/mol. The van der Waals surface area contributed by atoms with Crippen LogP contribution in [0.3, 0.4) is 0 Å². The molecule has 3 heteroatoms. The summed E-state index contributed by atoms with van der Waals surface area (Å²) in [5.41, 5.74) is 6.69. The Hall–Kier alpha value is -1.22. The molecule has 0 aliphatic heterocycles. The molecule has 1 aromatic rings. The molecule has 0 heterocycles. The van der Waals surface area contributed by atoms with Crippen molar-refractivity contribution in [3.63, 3.8) is 0 Å². The van der Waals surface area contributed by atoms with Gasteiger partial charge in [-0.15, -0.1) is 0 Å². The van der Waals surface area contributed by atoms with Crippen LogP contribution in [0.4, 0.5) is 5.69 Å². The Bertz CT molecular complexity index is 292. The topological polar surface area (TPSA) is 47.3 Å². The number of anilines is 1. The molecule has 0 saturated heterocycles. The second-order valence-electron chi connectivity index (χ2n) is 4.07. The number of hydrogen-bond donors (Lipinski definition) is 2. The molecule has 0 aliphatic carbocycles. The van der Waals surface area contributed by atoms with E-state index in [0.717, 1.165) is 18.0 Å². The quantitative estimate of drug-likeness (QED) is 0.769. The van der Waals surface area contributed by atoms with Gasteiger partial charge in [0.15, 0.2) is 0 Å². The molecule has 3 N–H and O–H groups in total. The Balaban J connectivity index is 2.59. The smallest absolute Gasteiger partial charge is 0.120 e. The summed E-state index contributed by atoms with van der Waals surface area (Å²) in [4.78, 5) is 0. The molecular formula is C11H18N2O. The van der Waals surface area contributed by atoms with E-state index in [2.05, 4.69) is 5.32 Å². The van der Waals surface area contributed by atoms with Gasteiger partial charge in [0.2, 0.25) is 0 Å². The third kappa shape index (κ3) is 3.66. The van der Waals surface area contributed by atoms with Crippen molar-refractivity contribution in [3.8, 4) is 5.75 Å². The first-order valence-corrected chi connectivity index (χ1v) is 4.68. The Morgan fingerprint density at radius 2 is 2.14 bits per heavy atom. The lowest BCUT2D eigenvalue weighted by Crippen LogP contribution is -2.39. The molecular weight excluding hydrogens is 176 g/mol. The minimum atomic E-state index is -0.205. The normalized spacial score (nSPS) is 11.1. The van der Waals surface area contributed by atoms with Gasteiger partial charge in [-0.2, -0.15) is 0 Å². The van der Waals surface area contributed by atoms with Crippen LogP contribution >= 0.6 is 0 Å². The van der Waals surface area contributed by atoms with Gasteiger partial charge in [-0.1, -0.05) is 6.07 Å². The molecule has 0 unspecified atom stereocenters. The molecule has 14 heavy (non-hydrogen) atoms. The fourth-order valence-corrected chi connectivity index (χ4v) is 1.06. The molecule has 1 rings (SSSR count). The second-order valence-corrected chi connectivity index (χ2v) is 4.07. The molecule has 0 spiro atoms. The molecule has 0 amide bonds. The van der Waals surface area contributed by atoms with Gasteiger partial charge in [0.05, 0.1) is 7.11 Å². The van der Waals surface area contributed by atoms with E-state index in [1.807, 2.05) is 38.1 Å². The fraction of sp³-hybridized carbons (Fsp3) is 0.455. The van der Waals surface area contributed by atoms with Crippen LogP contribution in [-0.4, -0.2) is 19.2 Å². The number of nitrogens with one attached hydrogen (secondary N) is 1. The predicted molar refractivity (Wildman–Crippen MR) is 59.8 cm³/mol. The molecule has 0 aromatic heterocycles. The molecule has 0 saturated carbocycles. The van der Waals surface area contributed by atoms with Gasteiger partial charge in [0.1, 0.15) is 5.75 Å². The van der Waals surface area contributed by atoms with Gasteiger partial charge < -0.3 is 15.8 Å². The van der Waals surface area contributed by atoms with Crippen molar-refractivity contribution in [2.75, 3.05) is 19.0 Å². The molecule has 1 aromatic carbocycles. The van der Waals surface area contributed by atoms with Crippen molar-refractivity contribution in [3.05, 3.63) is 24.3 Å². The van der Waals surface area contributed by atoms with Crippen LogP contribution in [0, 0.1) is 0 Å². The number of methoxy groups -OCH3 is 1. The van der Waals surface area contributed by atoms with E-state index in [9.17, 15) is 0 Å². The zero-order valence-corrected chi connectivity index (χ0v) is 9.00. The highest BCUT2D eigenvalue weighted by Crippen LogP contribution is 2.16. The monoisotopic (exact) mass is 194 g/mol. The number of benzene rings is 1. The van der Waals surface area contributed by atoms with Crippen LogP contribution in [0.2, 0.25) is 0 Å². The summed E-state index contributed by atoms with van der Waals surface area (Å²) in [7, 11) is 1.66. The highest BCUT2D eigenvalue weighted by atomic mass is 16.5. The maximum absolute atomic E-state index is 5.86. The van der Waals surface area contributed by atoms with Gasteiger partial charge in [0, 0.05) is 23.8 Å². The van der Waals surface area contributed by atoms with Gasteiger partial charge >= 0.3 is 0 Å². The van der Waals surface area contributed by atoms with Crippen LogP contribution in [0.5, 0.6) is 5.75 Å². The van der Waals surface area contributed by atoms with Crippen molar-refractivity contribution in [1.29, 1.82) is 0 Å². The minimum absolute atomic E-state index is 0.205. The van der Waals surface area contributed by atoms with E-state index < -0.39 is 0 Å². The number of nitrogens with two attached hydrogens (primary N) is 1. The Morgan fingerprint density at radius 3 is 2.71 bits per heavy atom. The summed E-state index contributed by atoms with van der Waals surface area (Å²) < 4.78 is 5.12. The van der Waals surface area contributed by atoms with Crippen molar-refractivity contribution >= 4 is 5.69 Å². The molecule has 0 fully saturated rings. The van der Waals surface area contributed by atoms with E-state index in [1.165, 1.54) is 0 Å². The summed E-state index contributed by atoms with van der Waals surface area (Å²) in [5.74, 6) is 0.852.